The molecule has 2 rings (SSSR count). The van der Waals surface area contributed by atoms with Crippen LogP contribution >= 0.6 is 12.2 Å². The summed E-state index contributed by atoms with van der Waals surface area (Å²) in [6.07, 6.45) is 2.66. The molecule has 0 fully saturated rings. The molecule has 0 unspecified atom stereocenters. The largest absolute Gasteiger partial charge is 0.383 e. The molecule has 2 amide bonds. The molecular weight excluding hydrogens is 408 g/mol. The minimum absolute atomic E-state index is 0.0423. The molecule has 0 atom stereocenters. The number of nitro groups is 1. The Balaban J connectivity index is 1.91. The van der Waals surface area contributed by atoms with E-state index in [4.69, 9.17) is 17.0 Å². The van der Waals surface area contributed by atoms with Crippen molar-refractivity contribution in [3.63, 3.8) is 0 Å². The monoisotopic (exact) mass is 428 g/mol. The molecular formula is C20H20N4O5S. The summed E-state index contributed by atoms with van der Waals surface area (Å²) in [6, 6.07) is 12.5. The second-order valence-electron chi connectivity index (χ2n) is 5.96. The molecule has 2 aromatic rings. The second kappa shape index (κ2) is 11.4. The molecule has 0 aliphatic rings. The van der Waals surface area contributed by atoms with Crippen LogP contribution in [0.1, 0.15) is 15.9 Å². The predicted molar refractivity (Wildman–Crippen MR) is 117 cm³/mol. The molecule has 0 aliphatic heterocycles. The summed E-state index contributed by atoms with van der Waals surface area (Å²) < 4.78 is 4.89. The van der Waals surface area contributed by atoms with Crippen molar-refractivity contribution in [3.05, 3.63) is 75.8 Å². The van der Waals surface area contributed by atoms with Gasteiger partial charge in [-0.15, -0.1) is 0 Å². The zero-order valence-electron chi connectivity index (χ0n) is 16.1. The van der Waals surface area contributed by atoms with E-state index in [0.29, 0.717) is 30.0 Å². The highest BCUT2D eigenvalue weighted by Crippen LogP contribution is 2.14. The van der Waals surface area contributed by atoms with Gasteiger partial charge in [-0.1, -0.05) is 18.2 Å². The van der Waals surface area contributed by atoms with E-state index in [0.717, 1.165) is 0 Å². The minimum Gasteiger partial charge on any atom is -0.383 e. The quantitative estimate of drug-likeness (QED) is 0.194. The number of ether oxygens (including phenoxy) is 1. The Morgan fingerprint density at radius 3 is 2.70 bits per heavy atom. The number of carbonyl (C=O) groups is 2. The highest BCUT2D eigenvalue weighted by molar-refractivity contribution is 7.80. The van der Waals surface area contributed by atoms with Crippen LogP contribution in [0.15, 0.2) is 54.6 Å². The van der Waals surface area contributed by atoms with Gasteiger partial charge in [0, 0.05) is 43.1 Å². The van der Waals surface area contributed by atoms with Crippen LogP contribution in [0.4, 0.5) is 11.4 Å². The van der Waals surface area contributed by atoms with Gasteiger partial charge in [0.2, 0.25) is 5.91 Å². The maximum Gasteiger partial charge on any atom is 0.270 e. The third kappa shape index (κ3) is 7.41. The number of nitro benzene ring substituents is 1. The number of methoxy groups -OCH3 is 1. The summed E-state index contributed by atoms with van der Waals surface area (Å²) in [5, 5.41) is 18.8. The van der Waals surface area contributed by atoms with Crippen LogP contribution in [0.2, 0.25) is 0 Å². The van der Waals surface area contributed by atoms with E-state index >= 15 is 0 Å². The van der Waals surface area contributed by atoms with Crippen LogP contribution in [0.3, 0.4) is 0 Å². The molecule has 0 radical (unpaired) electrons. The molecule has 0 spiro atoms. The normalized spacial score (nSPS) is 10.4. The highest BCUT2D eigenvalue weighted by atomic mass is 32.1. The smallest absolute Gasteiger partial charge is 0.270 e. The number of nitrogens with zero attached hydrogens (tertiary/aromatic N) is 1. The van der Waals surface area contributed by atoms with Gasteiger partial charge in [-0.2, -0.15) is 0 Å². The number of carbonyl (C=O) groups excluding carboxylic acids is 2. The highest BCUT2D eigenvalue weighted by Gasteiger charge is 2.08. The van der Waals surface area contributed by atoms with Gasteiger partial charge < -0.3 is 15.4 Å². The summed E-state index contributed by atoms with van der Waals surface area (Å²) in [6.45, 7) is 0.794. The van der Waals surface area contributed by atoms with Crippen LogP contribution in [0.5, 0.6) is 0 Å². The molecule has 10 heteroatoms. The Kier molecular flexibility index (Phi) is 8.60. The second-order valence-corrected chi connectivity index (χ2v) is 6.37. The van der Waals surface area contributed by atoms with Crippen molar-refractivity contribution in [1.29, 1.82) is 0 Å². The van der Waals surface area contributed by atoms with E-state index in [-0.39, 0.29) is 16.7 Å². The summed E-state index contributed by atoms with van der Waals surface area (Å²) in [5.41, 5.74) is 1.39. The Morgan fingerprint density at radius 1 is 1.20 bits per heavy atom. The number of thiocarbonyl (C=S) groups is 1. The third-order valence-electron chi connectivity index (χ3n) is 3.72. The van der Waals surface area contributed by atoms with E-state index in [1.165, 1.54) is 30.4 Å². The number of benzene rings is 2. The zero-order chi connectivity index (χ0) is 21.9. The Morgan fingerprint density at radius 2 is 1.97 bits per heavy atom. The van der Waals surface area contributed by atoms with E-state index < -0.39 is 10.8 Å². The standard InChI is InChI=1S/C20H20N4O5S/c1-29-11-10-21-19(26)15-5-3-6-16(13-15)22-20(30)23-18(25)9-8-14-4-2-7-17(12-14)24(27)28/h2-9,12-13H,10-11H2,1H3,(H,21,26)(H2,22,23,25,30)/b9-8+. The molecule has 156 valence electrons. The summed E-state index contributed by atoms with van der Waals surface area (Å²) in [5.74, 6) is -0.766. The van der Waals surface area contributed by atoms with E-state index in [1.54, 1.807) is 37.4 Å². The maximum atomic E-state index is 12.1. The van der Waals surface area contributed by atoms with Gasteiger partial charge in [-0.3, -0.25) is 25.0 Å². The van der Waals surface area contributed by atoms with Crippen molar-refractivity contribution in [3.8, 4) is 0 Å². The van der Waals surface area contributed by atoms with Crippen molar-refractivity contribution < 1.29 is 19.2 Å². The van der Waals surface area contributed by atoms with Crippen molar-refractivity contribution in [1.82, 2.24) is 10.6 Å². The SMILES string of the molecule is COCCNC(=O)c1cccc(NC(=S)NC(=O)/C=C/c2cccc([N+](=O)[O-])c2)c1. The van der Waals surface area contributed by atoms with Gasteiger partial charge in [-0.25, -0.2) is 0 Å². The average Bonchev–Trinajstić information content (AvgIpc) is 2.72. The third-order valence-corrected chi connectivity index (χ3v) is 3.92. The summed E-state index contributed by atoms with van der Waals surface area (Å²) in [4.78, 5) is 34.4. The number of nitrogens with one attached hydrogen (secondary N) is 3. The number of non-ortho nitro benzene ring substituents is 1. The molecule has 0 aliphatic carbocycles. The fraction of sp³-hybridized carbons (Fsp3) is 0.150. The number of rotatable bonds is 8. The predicted octanol–water partition coefficient (Wildman–Crippen LogP) is 2.50. The van der Waals surface area contributed by atoms with E-state index in [1.807, 2.05) is 0 Å². The topological polar surface area (TPSA) is 123 Å². The number of hydrogen-bond acceptors (Lipinski definition) is 6. The molecule has 0 saturated heterocycles. The van der Waals surface area contributed by atoms with Crippen molar-refractivity contribution >= 4 is 46.6 Å². The van der Waals surface area contributed by atoms with Crippen molar-refractivity contribution in [2.24, 2.45) is 0 Å². The molecule has 0 heterocycles. The fourth-order valence-electron chi connectivity index (χ4n) is 2.34. The fourth-order valence-corrected chi connectivity index (χ4v) is 2.56. The van der Waals surface area contributed by atoms with Crippen LogP contribution < -0.4 is 16.0 Å². The molecule has 9 nitrogen and oxygen atoms in total. The van der Waals surface area contributed by atoms with Crippen LogP contribution in [0, 0.1) is 10.1 Å². The molecule has 2 aromatic carbocycles. The van der Waals surface area contributed by atoms with Crippen molar-refractivity contribution in [2.45, 2.75) is 0 Å². The first-order valence-electron chi connectivity index (χ1n) is 8.81. The van der Waals surface area contributed by atoms with Crippen LogP contribution in [-0.2, 0) is 9.53 Å². The summed E-state index contributed by atoms with van der Waals surface area (Å²) in [7, 11) is 1.55. The van der Waals surface area contributed by atoms with Crippen LogP contribution in [0.25, 0.3) is 6.08 Å². The first kappa shape index (κ1) is 22.7. The molecule has 0 saturated carbocycles. The Bertz CT molecular complexity index is 977. The molecule has 30 heavy (non-hydrogen) atoms. The van der Waals surface area contributed by atoms with Gasteiger partial charge in [0.15, 0.2) is 5.11 Å². The first-order chi connectivity index (χ1) is 14.4. The van der Waals surface area contributed by atoms with Gasteiger partial charge in [0.25, 0.3) is 11.6 Å². The lowest BCUT2D eigenvalue weighted by Gasteiger charge is -2.10. The minimum atomic E-state index is -0.511. The first-order valence-corrected chi connectivity index (χ1v) is 9.21. The molecule has 0 bridgehead atoms. The number of anilines is 1. The van der Waals surface area contributed by atoms with Crippen molar-refractivity contribution in [2.75, 3.05) is 25.6 Å². The molecule has 3 N–H and O–H groups in total. The van der Waals surface area contributed by atoms with E-state index in [2.05, 4.69) is 16.0 Å². The Hall–Kier alpha value is -3.63. The lowest BCUT2D eigenvalue weighted by Crippen LogP contribution is -2.33. The lowest BCUT2D eigenvalue weighted by molar-refractivity contribution is -0.384. The van der Waals surface area contributed by atoms with Gasteiger partial charge in [0.05, 0.1) is 11.5 Å². The van der Waals surface area contributed by atoms with Gasteiger partial charge >= 0.3 is 0 Å². The Labute approximate surface area is 178 Å². The number of hydrogen-bond donors (Lipinski definition) is 3. The average molecular weight is 428 g/mol. The lowest BCUT2D eigenvalue weighted by atomic mass is 10.2. The molecule has 0 aromatic heterocycles. The summed E-state index contributed by atoms with van der Waals surface area (Å²) >= 11 is 5.11. The zero-order valence-corrected chi connectivity index (χ0v) is 16.9. The van der Waals surface area contributed by atoms with Gasteiger partial charge in [0.1, 0.15) is 0 Å². The number of amides is 2. The maximum absolute atomic E-state index is 12.1. The van der Waals surface area contributed by atoms with Crippen LogP contribution in [-0.4, -0.2) is 42.1 Å². The van der Waals surface area contributed by atoms with E-state index in [9.17, 15) is 19.7 Å². The van der Waals surface area contributed by atoms with Gasteiger partial charge in [-0.05, 0) is 42.1 Å².